The maximum atomic E-state index is 12.8. The molecule has 1 unspecified atom stereocenters. The summed E-state index contributed by atoms with van der Waals surface area (Å²) in [6.45, 7) is 2.92. The van der Waals surface area contributed by atoms with Crippen molar-refractivity contribution in [2.45, 2.75) is 31.4 Å². The van der Waals surface area contributed by atoms with Crippen LogP contribution in [0.2, 0.25) is 0 Å². The van der Waals surface area contributed by atoms with E-state index in [0.29, 0.717) is 5.75 Å². The Morgan fingerprint density at radius 1 is 0.971 bits per heavy atom. The van der Waals surface area contributed by atoms with Crippen LogP contribution >= 0.6 is 11.8 Å². The van der Waals surface area contributed by atoms with Crippen molar-refractivity contribution in [3.8, 4) is 22.7 Å². The third kappa shape index (κ3) is 5.13. The first kappa shape index (κ1) is 23.2. The van der Waals surface area contributed by atoms with Crippen LogP contribution in [0.15, 0.2) is 84.9 Å². The third-order valence-electron chi connectivity index (χ3n) is 6.07. The van der Waals surface area contributed by atoms with Crippen LogP contribution in [-0.4, -0.2) is 28.0 Å². The lowest BCUT2D eigenvalue weighted by atomic mass is 10.00. The molecule has 1 N–H and O–H groups in total. The molecule has 0 fully saturated rings. The number of thioether (sulfide) groups is 1. The van der Waals surface area contributed by atoms with Gasteiger partial charge in [-0.2, -0.15) is 5.10 Å². The Kier molecular flexibility index (Phi) is 7.19. The average Bonchev–Trinajstić information content (AvgIpc) is 3.18. The largest absolute Gasteiger partial charge is 0.494 e. The Labute approximate surface area is 210 Å². The number of carbonyl (C=O) groups is 1. The van der Waals surface area contributed by atoms with Gasteiger partial charge >= 0.3 is 0 Å². The van der Waals surface area contributed by atoms with Gasteiger partial charge in [-0.3, -0.25) is 4.79 Å². The van der Waals surface area contributed by atoms with Crippen molar-refractivity contribution in [3.63, 3.8) is 0 Å². The van der Waals surface area contributed by atoms with Crippen molar-refractivity contribution in [2.24, 2.45) is 0 Å². The van der Waals surface area contributed by atoms with Gasteiger partial charge in [0.2, 0.25) is 5.91 Å². The fourth-order valence-corrected chi connectivity index (χ4v) is 5.45. The highest BCUT2D eigenvalue weighted by Crippen LogP contribution is 2.47. The predicted molar refractivity (Wildman–Crippen MR) is 143 cm³/mol. The second-order valence-electron chi connectivity index (χ2n) is 8.59. The first-order chi connectivity index (χ1) is 17.2. The van der Waals surface area contributed by atoms with Gasteiger partial charge in [0.1, 0.15) is 11.6 Å². The van der Waals surface area contributed by atoms with Gasteiger partial charge in [-0.15, -0.1) is 11.8 Å². The predicted octanol–water partition coefficient (Wildman–Crippen LogP) is 6.88. The number of aromatic nitrogens is 2. The minimum atomic E-state index is -0.0502. The van der Waals surface area contributed by atoms with Gasteiger partial charge in [0.05, 0.1) is 29.0 Å². The van der Waals surface area contributed by atoms with Crippen LogP contribution < -0.4 is 10.1 Å². The van der Waals surface area contributed by atoms with Gasteiger partial charge in [0.15, 0.2) is 0 Å². The maximum absolute atomic E-state index is 12.8. The van der Waals surface area contributed by atoms with Crippen LogP contribution in [0.4, 0.5) is 5.82 Å². The van der Waals surface area contributed by atoms with Crippen molar-refractivity contribution >= 4 is 23.5 Å². The summed E-state index contributed by atoms with van der Waals surface area (Å²) < 4.78 is 7.79. The molecule has 0 radical (unpaired) electrons. The Morgan fingerprint density at radius 2 is 1.69 bits per heavy atom. The summed E-state index contributed by atoms with van der Waals surface area (Å²) in [4.78, 5) is 12.8. The number of ether oxygens (including phenoxy) is 1. The second kappa shape index (κ2) is 10.8. The van der Waals surface area contributed by atoms with Gasteiger partial charge in [0, 0.05) is 11.1 Å². The van der Waals surface area contributed by atoms with E-state index in [9.17, 15) is 4.79 Å². The summed E-state index contributed by atoms with van der Waals surface area (Å²) in [6, 6.07) is 28.4. The van der Waals surface area contributed by atoms with Gasteiger partial charge in [-0.05, 0) is 36.2 Å². The van der Waals surface area contributed by atoms with Crippen LogP contribution in [0.3, 0.4) is 0 Å². The molecule has 1 aliphatic heterocycles. The number of anilines is 1. The van der Waals surface area contributed by atoms with Crippen LogP contribution in [0.1, 0.15) is 42.6 Å². The molecule has 3 aromatic carbocycles. The summed E-state index contributed by atoms with van der Waals surface area (Å²) in [6.07, 6.45) is 3.41. The molecule has 1 aromatic heterocycles. The molecule has 0 aliphatic carbocycles. The van der Waals surface area contributed by atoms with Gasteiger partial charge < -0.3 is 10.1 Å². The van der Waals surface area contributed by atoms with E-state index in [1.165, 1.54) is 12.8 Å². The lowest BCUT2D eigenvalue weighted by Crippen LogP contribution is -2.15. The summed E-state index contributed by atoms with van der Waals surface area (Å²) in [5, 5.41) is 8.12. The Bertz CT molecular complexity index is 1270. The molecule has 0 spiro atoms. The molecule has 6 heteroatoms. The molecular weight excluding hydrogens is 454 g/mol. The van der Waals surface area contributed by atoms with Crippen molar-refractivity contribution in [1.29, 1.82) is 0 Å². The molecule has 1 aliphatic rings. The molecule has 0 saturated carbocycles. The molecule has 35 heavy (non-hydrogen) atoms. The van der Waals surface area contributed by atoms with Crippen LogP contribution in [-0.2, 0) is 4.79 Å². The number of rotatable bonds is 8. The van der Waals surface area contributed by atoms with E-state index in [2.05, 4.69) is 36.5 Å². The monoisotopic (exact) mass is 483 g/mol. The second-order valence-corrected chi connectivity index (χ2v) is 9.68. The lowest BCUT2D eigenvalue weighted by molar-refractivity contribution is -0.113. The number of fused-ring (bicyclic) bond motifs is 1. The zero-order chi connectivity index (χ0) is 24.0. The third-order valence-corrected chi connectivity index (χ3v) is 7.34. The molecule has 1 amide bonds. The Balaban J connectivity index is 1.58. The highest BCUT2D eigenvalue weighted by molar-refractivity contribution is 8.00. The highest BCUT2D eigenvalue weighted by Gasteiger charge is 2.32. The quantitative estimate of drug-likeness (QED) is 0.278. The molecule has 178 valence electrons. The Morgan fingerprint density at radius 3 is 2.40 bits per heavy atom. The molecule has 5 nitrogen and oxygen atoms in total. The van der Waals surface area contributed by atoms with E-state index in [-0.39, 0.29) is 11.2 Å². The zero-order valence-electron chi connectivity index (χ0n) is 19.8. The summed E-state index contributed by atoms with van der Waals surface area (Å²) >= 11 is 1.63. The summed E-state index contributed by atoms with van der Waals surface area (Å²) in [7, 11) is 0. The van der Waals surface area contributed by atoms with Gasteiger partial charge in [-0.1, -0.05) is 80.4 Å². The molecular formula is C29H29N3O2S. The first-order valence-corrected chi connectivity index (χ1v) is 13.2. The molecule has 0 bridgehead atoms. The normalized spacial score (nSPS) is 15.2. The smallest absolute Gasteiger partial charge is 0.235 e. The SMILES string of the molecule is CCCCCOc1ccc(C2SCC(=O)Nc3c2c(-c2ccccc2)nn3-c2ccccc2)cc1. The fraction of sp³-hybridized carbons (Fsp3) is 0.241. The Hall–Kier alpha value is -3.51. The number of nitrogens with zero attached hydrogens (tertiary/aromatic N) is 2. The molecule has 1 atom stereocenters. The molecule has 0 saturated heterocycles. The van der Waals surface area contributed by atoms with E-state index in [0.717, 1.165) is 52.7 Å². The van der Waals surface area contributed by atoms with E-state index in [1.54, 1.807) is 11.8 Å². The maximum Gasteiger partial charge on any atom is 0.235 e. The van der Waals surface area contributed by atoms with Crippen molar-refractivity contribution in [1.82, 2.24) is 9.78 Å². The van der Waals surface area contributed by atoms with Gasteiger partial charge in [-0.25, -0.2) is 4.68 Å². The van der Waals surface area contributed by atoms with Crippen molar-refractivity contribution in [2.75, 3.05) is 17.7 Å². The number of hydrogen-bond donors (Lipinski definition) is 1. The van der Waals surface area contributed by atoms with Crippen molar-refractivity contribution < 1.29 is 9.53 Å². The zero-order valence-corrected chi connectivity index (χ0v) is 20.6. The number of benzene rings is 3. The number of hydrogen-bond acceptors (Lipinski definition) is 4. The van der Waals surface area contributed by atoms with Crippen molar-refractivity contribution in [3.05, 3.63) is 96.1 Å². The fourth-order valence-electron chi connectivity index (χ4n) is 4.32. The van der Waals surface area contributed by atoms with E-state index in [4.69, 9.17) is 9.84 Å². The first-order valence-electron chi connectivity index (χ1n) is 12.1. The average molecular weight is 484 g/mol. The summed E-state index contributed by atoms with van der Waals surface area (Å²) in [5.41, 5.74) is 4.96. The highest BCUT2D eigenvalue weighted by atomic mass is 32.2. The lowest BCUT2D eigenvalue weighted by Gasteiger charge is -2.17. The number of nitrogens with one attached hydrogen (secondary N) is 1. The van der Waals surface area contributed by atoms with Crippen LogP contribution in [0, 0.1) is 0 Å². The van der Waals surface area contributed by atoms with Crippen LogP contribution in [0.25, 0.3) is 16.9 Å². The van der Waals surface area contributed by atoms with E-state index < -0.39 is 0 Å². The minimum absolute atomic E-state index is 0.0219. The van der Waals surface area contributed by atoms with Crippen LogP contribution in [0.5, 0.6) is 5.75 Å². The van der Waals surface area contributed by atoms with E-state index in [1.807, 2.05) is 65.3 Å². The van der Waals surface area contributed by atoms with E-state index >= 15 is 0 Å². The summed E-state index contributed by atoms with van der Waals surface area (Å²) in [5.74, 6) is 1.96. The minimum Gasteiger partial charge on any atom is -0.494 e. The topological polar surface area (TPSA) is 56.1 Å². The standard InChI is InChI=1S/C29H29N3O2S/c1-2-3-10-19-34-24-17-15-22(16-18-24)28-26-27(21-11-6-4-7-12-21)31-32(23-13-8-5-9-14-23)29(26)30-25(33)20-35-28/h4-9,11-18,28H,2-3,10,19-20H2,1H3,(H,30,33). The number of unbranched alkanes of at least 4 members (excludes halogenated alkanes) is 2. The molecule has 4 aromatic rings. The number of carbonyl (C=O) groups excluding carboxylic acids is 1. The number of amides is 1. The number of para-hydroxylation sites is 1. The molecule has 2 heterocycles. The molecule has 5 rings (SSSR count). The van der Waals surface area contributed by atoms with Gasteiger partial charge in [0.25, 0.3) is 0 Å².